The highest BCUT2D eigenvalue weighted by atomic mass is 35.5. The molecule has 0 aliphatic heterocycles. The summed E-state index contributed by atoms with van der Waals surface area (Å²) in [4.78, 5) is 16.9. The predicted octanol–water partition coefficient (Wildman–Crippen LogP) is 6.95. The molecular weight excluding hydrogens is 438 g/mol. The second-order valence-electron chi connectivity index (χ2n) is 7.30. The van der Waals surface area contributed by atoms with E-state index in [4.69, 9.17) is 25.5 Å². The average Bonchev–Trinajstić information content (AvgIpc) is 3.29. The fraction of sp³-hybridized carbons (Fsp3) is 0.0370. The van der Waals surface area contributed by atoms with E-state index in [0.29, 0.717) is 34.6 Å². The van der Waals surface area contributed by atoms with E-state index in [0.717, 1.165) is 22.2 Å². The lowest BCUT2D eigenvalue weighted by molar-refractivity contribution is 0.0734. The van der Waals surface area contributed by atoms with Crippen LogP contribution in [0.4, 0.5) is 0 Å². The van der Waals surface area contributed by atoms with Gasteiger partial charge in [0.25, 0.3) is 0 Å². The highest BCUT2D eigenvalue weighted by Crippen LogP contribution is 2.28. The maximum Gasteiger partial charge on any atom is 0.343 e. The number of hydrogen-bond donors (Lipinski definition) is 0. The molecule has 0 amide bonds. The lowest BCUT2D eigenvalue weighted by atomic mass is 10.1. The van der Waals surface area contributed by atoms with E-state index >= 15 is 0 Å². The van der Waals surface area contributed by atoms with Crippen molar-refractivity contribution in [3.8, 4) is 23.0 Å². The van der Waals surface area contributed by atoms with Gasteiger partial charge >= 0.3 is 5.97 Å². The summed E-state index contributed by atoms with van der Waals surface area (Å²) in [5.41, 5.74) is 3.78. The van der Waals surface area contributed by atoms with Crippen molar-refractivity contribution in [1.29, 1.82) is 0 Å². The molecule has 6 heteroatoms. The van der Waals surface area contributed by atoms with Crippen LogP contribution in [0, 0.1) is 0 Å². The Labute approximate surface area is 195 Å². The molecule has 5 rings (SSSR count). The van der Waals surface area contributed by atoms with E-state index in [2.05, 4.69) is 4.98 Å². The van der Waals surface area contributed by atoms with Crippen LogP contribution >= 0.6 is 11.6 Å². The van der Waals surface area contributed by atoms with Crippen molar-refractivity contribution in [1.82, 2.24) is 4.98 Å². The highest BCUT2D eigenvalue weighted by molar-refractivity contribution is 6.30. The number of fused-ring (bicyclic) bond motifs is 1. The smallest absolute Gasteiger partial charge is 0.343 e. The van der Waals surface area contributed by atoms with Crippen molar-refractivity contribution in [2.75, 3.05) is 0 Å². The molecule has 0 unspecified atom stereocenters. The number of nitrogens with zero attached hydrogens (tertiary/aromatic N) is 1. The zero-order valence-corrected chi connectivity index (χ0v) is 18.2. The molecule has 0 N–H and O–H groups in total. The minimum absolute atomic E-state index is 0.323. The molecule has 33 heavy (non-hydrogen) atoms. The van der Waals surface area contributed by atoms with Gasteiger partial charge in [-0.15, -0.1) is 0 Å². The standard InChI is InChI=1S/C27H18ClNO4/c28-20-11-15-22(16-12-20)32-27(30)18-9-13-21(14-10-18)31-17-19-5-1-2-6-23(19)26-29-24-7-3-4-8-25(24)33-26/h1-16H,17H2. The van der Waals surface area contributed by atoms with E-state index in [1.54, 1.807) is 48.5 Å². The first kappa shape index (κ1) is 20.8. The maximum atomic E-state index is 12.4. The van der Waals surface area contributed by atoms with Gasteiger partial charge in [0.2, 0.25) is 5.89 Å². The molecule has 0 saturated carbocycles. The van der Waals surface area contributed by atoms with Crippen LogP contribution in [0.5, 0.6) is 11.5 Å². The molecule has 0 saturated heterocycles. The Morgan fingerprint density at radius 2 is 1.52 bits per heavy atom. The Balaban J connectivity index is 1.27. The molecular formula is C27H18ClNO4. The van der Waals surface area contributed by atoms with E-state index < -0.39 is 5.97 Å². The van der Waals surface area contributed by atoms with Crippen molar-refractivity contribution >= 4 is 28.7 Å². The van der Waals surface area contributed by atoms with Gasteiger partial charge in [-0.25, -0.2) is 9.78 Å². The summed E-state index contributed by atoms with van der Waals surface area (Å²) in [5, 5.41) is 0.578. The number of para-hydroxylation sites is 2. The molecule has 162 valence electrons. The number of halogens is 1. The minimum atomic E-state index is -0.454. The van der Waals surface area contributed by atoms with Crippen LogP contribution in [-0.2, 0) is 6.61 Å². The average molecular weight is 456 g/mol. The number of ether oxygens (including phenoxy) is 2. The van der Waals surface area contributed by atoms with Crippen molar-refractivity contribution in [2.45, 2.75) is 6.61 Å². The molecule has 0 bridgehead atoms. The molecule has 1 aromatic heterocycles. The summed E-state index contributed by atoms with van der Waals surface area (Å²) >= 11 is 5.86. The third-order valence-electron chi connectivity index (χ3n) is 5.05. The molecule has 0 aliphatic carbocycles. The largest absolute Gasteiger partial charge is 0.489 e. The Morgan fingerprint density at radius 1 is 0.818 bits per heavy atom. The van der Waals surface area contributed by atoms with Crippen molar-refractivity contribution in [3.63, 3.8) is 0 Å². The van der Waals surface area contributed by atoms with E-state index in [1.807, 2.05) is 48.5 Å². The first-order chi connectivity index (χ1) is 16.2. The monoisotopic (exact) mass is 455 g/mol. The summed E-state index contributed by atoms with van der Waals surface area (Å²) in [5.74, 6) is 1.16. The Bertz CT molecular complexity index is 1380. The summed E-state index contributed by atoms with van der Waals surface area (Å²) in [7, 11) is 0. The highest BCUT2D eigenvalue weighted by Gasteiger charge is 2.13. The van der Waals surface area contributed by atoms with Gasteiger partial charge in [-0.2, -0.15) is 0 Å². The third kappa shape index (κ3) is 4.73. The van der Waals surface area contributed by atoms with Gasteiger partial charge in [0.15, 0.2) is 5.58 Å². The zero-order chi connectivity index (χ0) is 22.6. The SMILES string of the molecule is O=C(Oc1ccc(Cl)cc1)c1ccc(OCc2ccccc2-c2nc3ccccc3o2)cc1. The van der Waals surface area contributed by atoms with Gasteiger partial charge in [-0.05, 0) is 66.7 Å². The van der Waals surface area contributed by atoms with Crippen molar-refractivity contribution in [2.24, 2.45) is 0 Å². The lowest BCUT2D eigenvalue weighted by Gasteiger charge is -2.10. The number of aromatic nitrogens is 1. The van der Waals surface area contributed by atoms with Gasteiger partial charge in [-0.3, -0.25) is 0 Å². The van der Waals surface area contributed by atoms with Gasteiger partial charge in [0, 0.05) is 16.1 Å². The molecule has 0 aliphatic rings. The summed E-state index contributed by atoms with van der Waals surface area (Å²) in [6, 6.07) is 28.9. The predicted molar refractivity (Wildman–Crippen MR) is 127 cm³/mol. The van der Waals surface area contributed by atoms with E-state index in [-0.39, 0.29) is 0 Å². The van der Waals surface area contributed by atoms with E-state index in [9.17, 15) is 4.79 Å². The van der Waals surface area contributed by atoms with Crippen LogP contribution in [0.25, 0.3) is 22.6 Å². The number of rotatable bonds is 6. The Kier molecular flexibility index (Phi) is 5.79. The summed E-state index contributed by atoms with van der Waals surface area (Å²) < 4.78 is 17.2. The van der Waals surface area contributed by atoms with E-state index in [1.165, 1.54) is 0 Å². The third-order valence-corrected chi connectivity index (χ3v) is 5.30. The topological polar surface area (TPSA) is 61.6 Å². The second kappa shape index (κ2) is 9.18. The van der Waals surface area contributed by atoms with Gasteiger partial charge in [0.05, 0.1) is 5.56 Å². The van der Waals surface area contributed by atoms with Crippen LogP contribution < -0.4 is 9.47 Å². The second-order valence-corrected chi connectivity index (χ2v) is 7.74. The Hall–Kier alpha value is -4.09. The molecule has 4 aromatic carbocycles. The maximum absolute atomic E-state index is 12.4. The quantitative estimate of drug-likeness (QED) is 0.205. The molecule has 5 nitrogen and oxygen atoms in total. The normalized spacial score (nSPS) is 10.8. The van der Waals surface area contributed by atoms with Crippen molar-refractivity contribution in [3.05, 3.63) is 113 Å². The summed E-state index contributed by atoms with van der Waals surface area (Å²) in [6.45, 7) is 0.323. The van der Waals surface area contributed by atoms with Gasteiger partial charge in [0.1, 0.15) is 23.6 Å². The molecule has 1 heterocycles. The first-order valence-corrected chi connectivity index (χ1v) is 10.7. The van der Waals surface area contributed by atoms with Crippen LogP contribution in [0.1, 0.15) is 15.9 Å². The fourth-order valence-corrected chi connectivity index (χ4v) is 3.49. The molecule has 0 radical (unpaired) electrons. The minimum Gasteiger partial charge on any atom is -0.489 e. The molecule has 0 spiro atoms. The lowest BCUT2D eigenvalue weighted by Crippen LogP contribution is -2.08. The zero-order valence-electron chi connectivity index (χ0n) is 17.4. The van der Waals surface area contributed by atoms with Gasteiger partial charge in [-0.1, -0.05) is 41.9 Å². The Morgan fingerprint density at radius 3 is 2.30 bits per heavy atom. The fourth-order valence-electron chi connectivity index (χ4n) is 3.36. The molecule has 0 atom stereocenters. The number of hydrogen-bond acceptors (Lipinski definition) is 5. The number of benzene rings is 4. The first-order valence-electron chi connectivity index (χ1n) is 10.3. The van der Waals surface area contributed by atoms with Crippen LogP contribution in [0.15, 0.2) is 101 Å². The van der Waals surface area contributed by atoms with Crippen LogP contribution in [0.2, 0.25) is 5.02 Å². The number of oxazole rings is 1. The van der Waals surface area contributed by atoms with Gasteiger partial charge < -0.3 is 13.9 Å². The van der Waals surface area contributed by atoms with Crippen LogP contribution in [0.3, 0.4) is 0 Å². The van der Waals surface area contributed by atoms with Crippen LogP contribution in [-0.4, -0.2) is 11.0 Å². The number of esters is 1. The number of carbonyl (C=O) groups is 1. The molecule has 5 aromatic rings. The number of carbonyl (C=O) groups excluding carboxylic acids is 1. The molecule has 0 fully saturated rings. The summed E-state index contributed by atoms with van der Waals surface area (Å²) in [6.07, 6.45) is 0. The van der Waals surface area contributed by atoms with Crippen molar-refractivity contribution < 1.29 is 18.7 Å².